The lowest BCUT2D eigenvalue weighted by Gasteiger charge is -2.31. The van der Waals surface area contributed by atoms with Crippen LogP contribution in [-0.4, -0.2) is 58.5 Å². The number of anilines is 2. The molecule has 2 aromatic carbocycles. The van der Waals surface area contributed by atoms with Crippen molar-refractivity contribution in [3.8, 4) is 0 Å². The zero-order valence-electron chi connectivity index (χ0n) is 18.4. The Bertz CT molecular complexity index is 1030. The van der Waals surface area contributed by atoms with Gasteiger partial charge in [0.05, 0.1) is 29.7 Å². The Hall–Kier alpha value is -3.07. The Morgan fingerprint density at radius 3 is 2.44 bits per heavy atom. The van der Waals surface area contributed by atoms with Gasteiger partial charge in [-0.25, -0.2) is 8.42 Å². The maximum absolute atomic E-state index is 13.0. The summed E-state index contributed by atoms with van der Waals surface area (Å²) in [6.07, 6.45) is 1.17. The molecule has 1 fully saturated rings. The van der Waals surface area contributed by atoms with Crippen LogP contribution in [0.4, 0.5) is 11.4 Å². The Kier molecular flexibility index (Phi) is 7.74. The normalized spacial score (nSPS) is 14.6. The monoisotopic (exact) mass is 459 g/mol. The van der Waals surface area contributed by atoms with Crippen LogP contribution >= 0.6 is 0 Å². The number of carbonyl (C=O) groups excluding carboxylic acids is 2. The van der Waals surface area contributed by atoms with Gasteiger partial charge in [0.25, 0.3) is 10.0 Å². The minimum atomic E-state index is -3.74. The lowest BCUT2D eigenvalue weighted by atomic mass is 9.97. The first-order chi connectivity index (χ1) is 15.3. The standard InChI is InChI=1S/C23H29N3O5S/c1-3-31-23(28)18-12-14-26(15-13-18)22(27)17-24-19-8-7-11-21(16-19)32(29,30)25(2)20-9-5-4-6-10-20/h4-11,16,18,24H,3,12-15,17H2,1-2H3. The highest BCUT2D eigenvalue weighted by atomic mass is 32.2. The quantitative estimate of drug-likeness (QED) is 0.610. The molecular weight excluding hydrogens is 430 g/mol. The topological polar surface area (TPSA) is 96.0 Å². The molecule has 0 aliphatic carbocycles. The number of hydrogen-bond acceptors (Lipinski definition) is 6. The fraction of sp³-hybridized carbons (Fsp3) is 0.391. The summed E-state index contributed by atoms with van der Waals surface area (Å²) in [5.74, 6) is -0.450. The third-order valence-corrected chi connectivity index (χ3v) is 7.31. The third-order valence-electron chi connectivity index (χ3n) is 5.52. The van der Waals surface area contributed by atoms with Crippen LogP contribution in [0.3, 0.4) is 0 Å². The molecule has 1 N–H and O–H groups in total. The molecule has 0 radical (unpaired) electrons. The van der Waals surface area contributed by atoms with Crippen LogP contribution in [0.15, 0.2) is 59.5 Å². The number of ether oxygens (including phenoxy) is 1. The molecule has 0 spiro atoms. The second-order valence-corrected chi connectivity index (χ2v) is 9.57. The summed E-state index contributed by atoms with van der Waals surface area (Å²) in [7, 11) is -2.23. The largest absolute Gasteiger partial charge is 0.466 e. The Morgan fingerprint density at radius 1 is 1.09 bits per heavy atom. The fourth-order valence-corrected chi connectivity index (χ4v) is 4.86. The number of esters is 1. The first kappa shape index (κ1) is 23.6. The average Bonchev–Trinajstić information content (AvgIpc) is 2.83. The lowest BCUT2D eigenvalue weighted by molar-refractivity contribution is -0.151. The number of likely N-dealkylation sites (tertiary alicyclic amines) is 1. The number of amides is 1. The smallest absolute Gasteiger partial charge is 0.309 e. The molecule has 8 nitrogen and oxygen atoms in total. The first-order valence-electron chi connectivity index (χ1n) is 10.6. The summed E-state index contributed by atoms with van der Waals surface area (Å²) < 4.78 is 32.3. The second-order valence-electron chi connectivity index (χ2n) is 7.60. The van der Waals surface area contributed by atoms with Gasteiger partial charge in [-0.15, -0.1) is 0 Å². The van der Waals surface area contributed by atoms with Crippen molar-refractivity contribution in [2.75, 3.05) is 42.9 Å². The summed E-state index contributed by atoms with van der Waals surface area (Å²) in [6, 6.07) is 15.3. The van der Waals surface area contributed by atoms with E-state index in [0.29, 0.717) is 43.9 Å². The molecule has 0 saturated carbocycles. The van der Waals surface area contributed by atoms with Crippen molar-refractivity contribution in [2.24, 2.45) is 5.92 Å². The number of benzene rings is 2. The van der Waals surface area contributed by atoms with Gasteiger partial charge in [0.2, 0.25) is 5.91 Å². The zero-order valence-corrected chi connectivity index (χ0v) is 19.2. The van der Waals surface area contributed by atoms with E-state index in [1.165, 1.54) is 23.5 Å². The van der Waals surface area contributed by atoms with Crippen LogP contribution in [0.25, 0.3) is 0 Å². The predicted octanol–water partition coefficient (Wildman–Crippen LogP) is 2.73. The fourth-order valence-electron chi connectivity index (χ4n) is 3.62. The maximum Gasteiger partial charge on any atom is 0.309 e. The second kappa shape index (κ2) is 10.5. The van der Waals surface area contributed by atoms with Crippen molar-refractivity contribution in [1.82, 2.24) is 4.90 Å². The van der Waals surface area contributed by atoms with Gasteiger partial charge < -0.3 is 15.0 Å². The summed E-state index contributed by atoms with van der Waals surface area (Å²) in [6.45, 7) is 3.18. The van der Waals surface area contributed by atoms with Crippen LogP contribution in [0.2, 0.25) is 0 Å². The predicted molar refractivity (Wildman–Crippen MR) is 123 cm³/mol. The Morgan fingerprint density at radius 2 is 1.78 bits per heavy atom. The number of hydrogen-bond donors (Lipinski definition) is 1. The lowest BCUT2D eigenvalue weighted by Crippen LogP contribution is -2.43. The highest BCUT2D eigenvalue weighted by molar-refractivity contribution is 7.92. The molecule has 2 aromatic rings. The van der Waals surface area contributed by atoms with Crippen molar-refractivity contribution < 1.29 is 22.7 Å². The van der Waals surface area contributed by atoms with Crippen LogP contribution in [0.5, 0.6) is 0 Å². The van der Waals surface area contributed by atoms with E-state index in [0.717, 1.165) is 0 Å². The number of carbonyl (C=O) groups is 2. The number of piperidine rings is 1. The van der Waals surface area contributed by atoms with Crippen molar-refractivity contribution in [3.05, 3.63) is 54.6 Å². The van der Waals surface area contributed by atoms with Gasteiger partial charge in [0, 0.05) is 25.8 Å². The molecule has 0 aromatic heterocycles. The van der Waals surface area contributed by atoms with Crippen molar-refractivity contribution in [3.63, 3.8) is 0 Å². The number of para-hydroxylation sites is 1. The summed E-state index contributed by atoms with van der Waals surface area (Å²) in [4.78, 5) is 26.3. The van der Waals surface area contributed by atoms with E-state index in [4.69, 9.17) is 4.74 Å². The van der Waals surface area contributed by atoms with E-state index < -0.39 is 10.0 Å². The molecule has 1 amide bonds. The minimum absolute atomic E-state index is 0.0437. The molecule has 0 unspecified atom stereocenters. The molecule has 0 atom stereocenters. The highest BCUT2D eigenvalue weighted by Gasteiger charge is 2.28. The molecule has 1 aliphatic heterocycles. The van der Waals surface area contributed by atoms with Gasteiger partial charge in [-0.2, -0.15) is 0 Å². The highest BCUT2D eigenvalue weighted by Crippen LogP contribution is 2.24. The molecule has 3 rings (SSSR count). The van der Waals surface area contributed by atoms with Crippen LogP contribution in [0, 0.1) is 5.92 Å². The van der Waals surface area contributed by atoms with Gasteiger partial charge in [0.15, 0.2) is 0 Å². The van der Waals surface area contributed by atoms with E-state index in [1.54, 1.807) is 48.2 Å². The van der Waals surface area contributed by atoms with E-state index in [2.05, 4.69) is 5.32 Å². The van der Waals surface area contributed by atoms with Gasteiger partial charge >= 0.3 is 5.97 Å². The Labute approximate surface area is 189 Å². The average molecular weight is 460 g/mol. The maximum atomic E-state index is 13.0. The summed E-state index contributed by atoms with van der Waals surface area (Å²) in [5.41, 5.74) is 1.11. The first-order valence-corrected chi connectivity index (χ1v) is 12.1. The SMILES string of the molecule is CCOC(=O)C1CCN(C(=O)CNc2cccc(S(=O)(=O)N(C)c3ccccc3)c2)CC1. The van der Waals surface area contributed by atoms with E-state index in [-0.39, 0.29) is 29.2 Å². The van der Waals surface area contributed by atoms with E-state index >= 15 is 0 Å². The number of nitrogens with one attached hydrogen (secondary N) is 1. The molecule has 9 heteroatoms. The molecule has 1 heterocycles. The number of sulfonamides is 1. The van der Waals surface area contributed by atoms with Crippen LogP contribution in [0.1, 0.15) is 19.8 Å². The summed E-state index contributed by atoms with van der Waals surface area (Å²) in [5, 5.41) is 3.02. The van der Waals surface area contributed by atoms with Gasteiger partial charge in [-0.3, -0.25) is 13.9 Å². The van der Waals surface area contributed by atoms with E-state index in [1.807, 2.05) is 6.07 Å². The molecule has 1 aliphatic rings. The Balaban J connectivity index is 1.58. The van der Waals surface area contributed by atoms with Gasteiger partial charge in [-0.05, 0) is 50.1 Å². The van der Waals surface area contributed by atoms with Crippen LogP contribution < -0.4 is 9.62 Å². The third kappa shape index (κ3) is 5.59. The van der Waals surface area contributed by atoms with Gasteiger partial charge in [0.1, 0.15) is 0 Å². The zero-order chi connectivity index (χ0) is 23.1. The number of nitrogens with zero attached hydrogens (tertiary/aromatic N) is 2. The molecular formula is C23H29N3O5S. The minimum Gasteiger partial charge on any atom is -0.466 e. The van der Waals surface area contributed by atoms with Crippen molar-refractivity contribution >= 4 is 33.3 Å². The molecule has 172 valence electrons. The van der Waals surface area contributed by atoms with E-state index in [9.17, 15) is 18.0 Å². The van der Waals surface area contributed by atoms with Crippen molar-refractivity contribution in [2.45, 2.75) is 24.7 Å². The van der Waals surface area contributed by atoms with Gasteiger partial charge in [-0.1, -0.05) is 24.3 Å². The summed E-state index contributed by atoms with van der Waals surface area (Å²) >= 11 is 0. The molecule has 32 heavy (non-hydrogen) atoms. The van der Waals surface area contributed by atoms with Crippen molar-refractivity contribution in [1.29, 1.82) is 0 Å². The molecule has 1 saturated heterocycles. The van der Waals surface area contributed by atoms with Crippen LogP contribution in [-0.2, 0) is 24.3 Å². The number of rotatable bonds is 8. The molecule has 0 bridgehead atoms.